The molecular weight excluding hydrogens is 317 g/mol. The van der Waals surface area contributed by atoms with Crippen LogP contribution in [0.4, 0.5) is 18.9 Å². The third kappa shape index (κ3) is 4.35. The molecular formula is C18H17F3N2O. The highest BCUT2D eigenvalue weighted by Gasteiger charge is 2.30. The first-order valence-corrected chi connectivity index (χ1v) is 7.74. The highest BCUT2D eigenvalue weighted by atomic mass is 19.1. The van der Waals surface area contributed by atoms with E-state index in [2.05, 4.69) is 5.32 Å². The van der Waals surface area contributed by atoms with Gasteiger partial charge in [-0.1, -0.05) is 12.1 Å². The predicted octanol–water partition coefficient (Wildman–Crippen LogP) is 3.71. The molecule has 0 heterocycles. The number of hydrogen-bond acceptors (Lipinski definition) is 2. The molecule has 1 saturated carbocycles. The Labute approximate surface area is 138 Å². The second-order valence-electron chi connectivity index (χ2n) is 5.93. The molecule has 0 unspecified atom stereocenters. The van der Waals surface area contributed by atoms with E-state index in [9.17, 15) is 18.0 Å². The molecule has 1 fully saturated rings. The van der Waals surface area contributed by atoms with Gasteiger partial charge >= 0.3 is 0 Å². The molecule has 0 saturated heterocycles. The minimum Gasteiger partial charge on any atom is -0.322 e. The van der Waals surface area contributed by atoms with Crippen LogP contribution in [0.1, 0.15) is 18.4 Å². The summed E-state index contributed by atoms with van der Waals surface area (Å²) in [5.41, 5.74) is 0.727. The van der Waals surface area contributed by atoms with Gasteiger partial charge in [-0.05, 0) is 42.7 Å². The lowest BCUT2D eigenvalue weighted by Gasteiger charge is -2.21. The van der Waals surface area contributed by atoms with Crippen molar-refractivity contribution in [3.63, 3.8) is 0 Å². The van der Waals surface area contributed by atoms with Crippen molar-refractivity contribution in [3.8, 4) is 0 Å². The number of halogens is 3. The van der Waals surface area contributed by atoms with Crippen molar-refractivity contribution in [2.45, 2.75) is 25.4 Å². The van der Waals surface area contributed by atoms with Crippen LogP contribution in [0.3, 0.4) is 0 Å². The van der Waals surface area contributed by atoms with Crippen molar-refractivity contribution in [3.05, 3.63) is 65.5 Å². The van der Waals surface area contributed by atoms with Crippen molar-refractivity contribution in [1.82, 2.24) is 4.90 Å². The Morgan fingerprint density at radius 2 is 1.71 bits per heavy atom. The molecule has 0 atom stereocenters. The van der Waals surface area contributed by atoms with E-state index >= 15 is 0 Å². The number of benzene rings is 2. The molecule has 0 aromatic heterocycles. The highest BCUT2D eigenvalue weighted by Crippen LogP contribution is 2.28. The molecule has 6 heteroatoms. The van der Waals surface area contributed by atoms with Crippen molar-refractivity contribution >= 4 is 11.6 Å². The molecule has 0 spiro atoms. The summed E-state index contributed by atoms with van der Waals surface area (Å²) < 4.78 is 39.7. The summed E-state index contributed by atoms with van der Waals surface area (Å²) in [6.45, 7) is 0.571. The Morgan fingerprint density at radius 1 is 1.04 bits per heavy atom. The summed E-state index contributed by atoms with van der Waals surface area (Å²) in [6.07, 6.45) is 1.98. The Bertz CT molecular complexity index is 730. The molecule has 0 radical (unpaired) electrons. The van der Waals surface area contributed by atoms with Crippen LogP contribution in [0, 0.1) is 17.5 Å². The van der Waals surface area contributed by atoms with E-state index in [1.807, 2.05) is 4.90 Å². The SMILES string of the molecule is O=C(CN(Cc1ccc(F)cc1)C1CC1)Nc1cc(F)ccc1F. The summed E-state index contributed by atoms with van der Waals surface area (Å²) >= 11 is 0. The second-order valence-corrected chi connectivity index (χ2v) is 5.93. The van der Waals surface area contributed by atoms with Gasteiger partial charge in [-0.2, -0.15) is 0 Å². The number of amides is 1. The molecule has 0 aliphatic heterocycles. The Balaban J connectivity index is 1.63. The van der Waals surface area contributed by atoms with Crippen LogP contribution in [-0.4, -0.2) is 23.4 Å². The van der Waals surface area contributed by atoms with Crippen molar-refractivity contribution in [2.24, 2.45) is 0 Å². The van der Waals surface area contributed by atoms with Crippen LogP contribution in [-0.2, 0) is 11.3 Å². The van der Waals surface area contributed by atoms with E-state index < -0.39 is 17.5 Å². The molecule has 2 aromatic carbocycles. The van der Waals surface area contributed by atoms with Crippen LogP contribution in [0.5, 0.6) is 0 Å². The second kappa shape index (κ2) is 7.05. The average molecular weight is 334 g/mol. The minimum absolute atomic E-state index is 0.0675. The van der Waals surface area contributed by atoms with Gasteiger partial charge in [0, 0.05) is 18.7 Å². The zero-order valence-corrected chi connectivity index (χ0v) is 12.9. The summed E-state index contributed by atoms with van der Waals surface area (Å²) in [4.78, 5) is 14.1. The van der Waals surface area contributed by atoms with Crippen LogP contribution < -0.4 is 5.32 Å². The van der Waals surface area contributed by atoms with Gasteiger partial charge in [0.1, 0.15) is 17.5 Å². The molecule has 1 aliphatic carbocycles. The maximum atomic E-state index is 13.6. The van der Waals surface area contributed by atoms with Crippen LogP contribution in [0.2, 0.25) is 0 Å². The number of nitrogens with one attached hydrogen (secondary N) is 1. The van der Waals surface area contributed by atoms with E-state index in [4.69, 9.17) is 0 Å². The number of anilines is 1. The molecule has 126 valence electrons. The maximum Gasteiger partial charge on any atom is 0.238 e. The zero-order chi connectivity index (χ0) is 17.1. The van der Waals surface area contributed by atoms with Gasteiger partial charge in [0.05, 0.1) is 12.2 Å². The van der Waals surface area contributed by atoms with Gasteiger partial charge in [-0.25, -0.2) is 13.2 Å². The average Bonchev–Trinajstić information content (AvgIpc) is 3.37. The van der Waals surface area contributed by atoms with Gasteiger partial charge in [-0.15, -0.1) is 0 Å². The molecule has 2 aromatic rings. The lowest BCUT2D eigenvalue weighted by Crippen LogP contribution is -2.34. The Kier molecular flexibility index (Phi) is 4.85. The van der Waals surface area contributed by atoms with Crippen LogP contribution in [0.15, 0.2) is 42.5 Å². The zero-order valence-electron chi connectivity index (χ0n) is 12.9. The van der Waals surface area contributed by atoms with Gasteiger partial charge in [0.15, 0.2) is 0 Å². The lowest BCUT2D eigenvalue weighted by molar-refractivity contribution is -0.117. The van der Waals surface area contributed by atoms with E-state index in [0.29, 0.717) is 6.54 Å². The third-order valence-corrected chi connectivity index (χ3v) is 3.91. The largest absolute Gasteiger partial charge is 0.322 e. The van der Waals surface area contributed by atoms with Crippen molar-refractivity contribution < 1.29 is 18.0 Å². The molecule has 3 rings (SSSR count). The van der Waals surface area contributed by atoms with E-state index in [1.165, 1.54) is 12.1 Å². The molecule has 1 N–H and O–H groups in total. The number of rotatable bonds is 6. The third-order valence-electron chi connectivity index (χ3n) is 3.91. The molecule has 1 amide bonds. The Hall–Kier alpha value is -2.34. The van der Waals surface area contributed by atoms with Gasteiger partial charge in [-0.3, -0.25) is 9.69 Å². The molecule has 0 bridgehead atoms. The summed E-state index contributed by atoms with van der Waals surface area (Å²) in [5.74, 6) is -2.01. The quantitative estimate of drug-likeness (QED) is 0.873. The maximum absolute atomic E-state index is 13.6. The summed E-state index contributed by atoms with van der Waals surface area (Å²) in [6, 6.07) is 9.32. The fourth-order valence-electron chi connectivity index (χ4n) is 2.55. The number of carbonyl (C=O) groups is 1. The van der Waals surface area contributed by atoms with Gasteiger partial charge < -0.3 is 5.32 Å². The van der Waals surface area contributed by atoms with Gasteiger partial charge in [0.2, 0.25) is 5.91 Å². The van der Waals surface area contributed by atoms with E-state index in [-0.39, 0.29) is 24.1 Å². The standard InChI is InChI=1S/C18H17F3N2O/c19-13-3-1-12(2-4-13)10-23(15-6-7-15)11-18(24)22-17-9-14(20)5-8-16(17)21/h1-5,8-9,15H,6-7,10-11H2,(H,22,24). The minimum atomic E-state index is -0.679. The predicted molar refractivity (Wildman–Crippen MR) is 84.8 cm³/mol. The summed E-state index contributed by atoms with van der Waals surface area (Å²) in [7, 11) is 0. The number of carbonyl (C=O) groups excluding carboxylic acids is 1. The topological polar surface area (TPSA) is 32.3 Å². The van der Waals surface area contributed by atoms with Crippen molar-refractivity contribution in [1.29, 1.82) is 0 Å². The summed E-state index contributed by atoms with van der Waals surface area (Å²) in [5, 5.41) is 2.40. The fourth-order valence-corrected chi connectivity index (χ4v) is 2.55. The molecule has 1 aliphatic rings. The molecule has 3 nitrogen and oxygen atoms in total. The monoisotopic (exact) mass is 334 g/mol. The lowest BCUT2D eigenvalue weighted by atomic mass is 10.2. The number of nitrogens with zero attached hydrogens (tertiary/aromatic N) is 1. The smallest absolute Gasteiger partial charge is 0.238 e. The first-order valence-electron chi connectivity index (χ1n) is 7.74. The highest BCUT2D eigenvalue weighted by molar-refractivity contribution is 5.92. The van der Waals surface area contributed by atoms with E-state index in [1.54, 1.807) is 12.1 Å². The van der Waals surface area contributed by atoms with Crippen LogP contribution in [0.25, 0.3) is 0 Å². The molecule has 24 heavy (non-hydrogen) atoms. The van der Waals surface area contributed by atoms with E-state index in [0.717, 1.165) is 36.6 Å². The van der Waals surface area contributed by atoms with Crippen molar-refractivity contribution in [2.75, 3.05) is 11.9 Å². The fraction of sp³-hybridized carbons (Fsp3) is 0.278. The first kappa shape index (κ1) is 16.5. The van der Waals surface area contributed by atoms with Crippen LogP contribution >= 0.6 is 0 Å². The normalized spacial score (nSPS) is 14.0. The Morgan fingerprint density at radius 3 is 2.38 bits per heavy atom. The first-order chi connectivity index (χ1) is 11.5. The van der Waals surface area contributed by atoms with Gasteiger partial charge in [0.25, 0.3) is 0 Å². The number of hydrogen-bond donors (Lipinski definition) is 1.